The molecule has 0 saturated carbocycles. The molecule has 0 saturated heterocycles. The second-order valence-electron chi connectivity index (χ2n) is 3.56. The Hall–Kier alpha value is -1.03. The van der Waals surface area contributed by atoms with Gasteiger partial charge in [0.05, 0.1) is 0 Å². The van der Waals surface area contributed by atoms with E-state index in [-0.39, 0.29) is 11.7 Å². The van der Waals surface area contributed by atoms with Crippen LogP contribution in [0.3, 0.4) is 0 Å². The lowest BCUT2D eigenvalue weighted by Crippen LogP contribution is -2.25. The van der Waals surface area contributed by atoms with Gasteiger partial charge in [-0.2, -0.15) is 11.8 Å². The Morgan fingerprint density at radius 2 is 2.25 bits per heavy atom. The molecule has 0 heterocycles. The molecule has 88 valence electrons. The minimum Gasteiger partial charge on any atom is -0.352 e. The van der Waals surface area contributed by atoms with E-state index in [1.54, 1.807) is 18.7 Å². The second kappa shape index (κ2) is 6.53. The standard InChI is InChI=1S/C12H16FNOS/c1-9-8-10(13)4-5-11(9)12(15)14-6-3-7-16-2/h4-5,8H,3,6-7H2,1-2H3,(H,14,15). The van der Waals surface area contributed by atoms with Gasteiger partial charge in [-0.25, -0.2) is 4.39 Å². The molecule has 0 fully saturated rings. The molecule has 0 aliphatic heterocycles. The lowest BCUT2D eigenvalue weighted by Gasteiger charge is -2.07. The zero-order chi connectivity index (χ0) is 12.0. The van der Waals surface area contributed by atoms with Crippen LogP contribution in [0.4, 0.5) is 4.39 Å². The smallest absolute Gasteiger partial charge is 0.251 e. The number of halogens is 1. The van der Waals surface area contributed by atoms with Gasteiger partial charge in [-0.1, -0.05) is 0 Å². The first-order chi connectivity index (χ1) is 7.65. The first-order valence-electron chi connectivity index (χ1n) is 5.18. The minimum atomic E-state index is -0.309. The monoisotopic (exact) mass is 241 g/mol. The number of nitrogens with one attached hydrogen (secondary N) is 1. The molecule has 1 N–H and O–H groups in total. The molecule has 0 spiro atoms. The minimum absolute atomic E-state index is 0.126. The summed E-state index contributed by atoms with van der Waals surface area (Å²) in [5, 5.41) is 2.82. The first-order valence-corrected chi connectivity index (χ1v) is 6.58. The van der Waals surface area contributed by atoms with Crippen molar-refractivity contribution in [1.29, 1.82) is 0 Å². The Kier molecular flexibility index (Phi) is 5.32. The molecular formula is C12H16FNOS. The Morgan fingerprint density at radius 1 is 1.50 bits per heavy atom. The van der Waals surface area contributed by atoms with E-state index in [9.17, 15) is 9.18 Å². The fourth-order valence-electron chi connectivity index (χ4n) is 1.40. The van der Waals surface area contributed by atoms with Gasteiger partial charge in [0.1, 0.15) is 5.82 Å². The van der Waals surface area contributed by atoms with Crippen molar-refractivity contribution in [3.63, 3.8) is 0 Å². The summed E-state index contributed by atoms with van der Waals surface area (Å²) < 4.78 is 12.8. The van der Waals surface area contributed by atoms with E-state index in [1.165, 1.54) is 18.2 Å². The third-order valence-electron chi connectivity index (χ3n) is 2.24. The predicted octanol–water partition coefficient (Wildman–Crippen LogP) is 2.62. The van der Waals surface area contributed by atoms with Gasteiger partial charge in [0, 0.05) is 12.1 Å². The van der Waals surface area contributed by atoms with E-state index in [0.29, 0.717) is 17.7 Å². The van der Waals surface area contributed by atoms with Crippen molar-refractivity contribution in [3.05, 3.63) is 35.1 Å². The van der Waals surface area contributed by atoms with Crippen molar-refractivity contribution >= 4 is 17.7 Å². The maximum atomic E-state index is 12.8. The number of amides is 1. The van der Waals surface area contributed by atoms with Crippen LogP contribution in [0.5, 0.6) is 0 Å². The molecule has 0 radical (unpaired) electrons. The van der Waals surface area contributed by atoms with Crippen LogP contribution in [0, 0.1) is 12.7 Å². The molecule has 1 aromatic carbocycles. The lowest BCUT2D eigenvalue weighted by atomic mass is 10.1. The summed E-state index contributed by atoms with van der Waals surface area (Å²) in [6.07, 6.45) is 2.99. The molecule has 0 atom stereocenters. The molecule has 16 heavy (non-hydrogen) atoms. The summed E-state index contributed by atoms with van der Waals surface area (Å²) in [5.41, 5.74) is 1.22. The van der Waals surface area contributed by atoms with E-state index in [0.717, 1.165) is 12.2 Å². The Balaban J connectivity index is 2.53. The zero-order valence-electron chi connectivity index (χ0n) is 9.55. The van der Waals surface area contributed by atoms with Crippen LogP contribution in [0.2, 0.25) is 0 Å². The van der Waals surface area contributed by atoms with Gasteiger partial charge in [0.15, 0.2) is 0 Å². The van der Waals surface area contributed by atoms with Crippen LogP contribution in [-0.4, -0.2) is 24.5 Å². The maximum Gasteiger partial charge on any atom is 0.251 e. The molecule has 2 nitrogen and oxygen atoms in total. The number of hydrogen-bond acceptors (Lipinski definition) is 2. The highest BCUT2D eigenvalue weighted by molar-refractivity contribution is 7.98. The van der Waals surface area contributed by atoms with E-state index >= 15 is 0 Å². The summed E-state index contributed by atoms with van der Waals surface area (Å²) >= 11 is 1.75. The number of carbonyl (C=O) groups is 1. The van der Waals surface area contributed by atoms with Crippen LogP contribution in [-0.2, 0) is 0 Å². The van der Waals surface area contributed by atoms with Gasteiger partial charge in [-0.05, 0) is 49.1 Å². The molecule has 0 aliphatic rings. The van der Waals surface area contributed by atoms with Crippen LogP contribution in [0.25, 0.3) is 0 Å². The van der Waals surface area contributed by atoms with Gasteiger partial charge in [-0.15, -0.1) is 0 Å². The van der Waals surface area contributed by atoms with Gasteiger partial charge >= 0.3 is 0 Å². The molecule has 0 unspecified atom stereocenters. The van der Waals surface area contributed by atoms with E-state index in [1.807, 2.05) is 6.26 Å². The van der Waals surface area contributed by atoms with Crippen molar-refractivity contribution in [1.82, 2.24) is 5.32 Å². The third-order valence-corrected chi connectivity index (χ3v) is 2.94. The number of rotatable bonds is 5. The van der Waals surface area contributed by atoms with E-state index in [2.05, 4.69) is 5.32 Å². The highest BCUT2D eigenvalue weighted by Crippen LogP contribution is 2.09. The third kappa shape index (κ3) is 3.85. The average molecular weight is 241 g/mol. The highest BCUT2D eigenvalue weighted by Gasteiger charge is 2.08. The average Bonchev–Trinajstić information content (AvgIpc) is 2.24. The molecule has 1 rings (SSSR count). The molecule has 0 aromatic heterocycles. The van der Waals surface area contributed by atoms with Crippen molar-refractivity contribution in [2.24, 2.45) is 0 Å². The quantitative estimate of drug-likeness (QED) is 0.803. The Bertz CT molecular complexity index is 368. The topological polar surface area (TPSA) is 29.1 Å². The van der Waals surface area contributed by atoms with Gasteiger partial charge in [-0.3, -0.25) is 4.79 Å². The Morgan fingerprint density at radius 3 is 2.88 bits per heavy atom. The summed E-state index contributed by atoms with van der Waals surface area (Å²) in [6, 6.07) is 4.20. The highest BCUT2D eigenvalue weighted by atomic mass is 32.2. The SMILES string of the molecule is CSCCCNC(=O)c1ccc(F)cc1C. The van der Waals surface area contributed by atoms with Crippen molar-refractivity contribution < 1.29 is 9.18 Å². The summed E-state index contributed by atoms with van der Waals surface area (Å²) in [7, 11) is 0. The molecule has 4 heteroatoms. The maximum absolute atomic E-state index is 12.8. The molecule has 1 amide bonds. The molecule has 1 aromatic rings. The fraction of sp³-hybridized carbons (Fsp3) is 0.417. The first kappa shape index (κ1) is 13.0. The Labute approximate surface area is 99.6 Å². The molecule has 0 aliphatic carbocycles. The number of benzene rings is 1. The number of thioether (sulfide) groups is 1. The van der Waals surface area contributed by atoms with Gasteiger partial charge in [0.25, 0.3) is 5.91 Å². The van der Waals surface area contributed by atoms with Crippen molar-refractivity contribution in [3.8, 4) is 0 Å². The lowest BCUT2D eigenvalue weighted by molar-refractivity contribution is 0.0953. The van der Waals surface area contributed by atoms with Gasteiger partial charge in [0.2, 0.25) is 0 Å². The number of aryl methyl sites for hydroxylation is 1. The summed E-state index contributed by atoms with van der Waals surface area (Å²) in [5.74, 6) is 0.595. The normalized spacial score (nSPS) is 10.2. The number of hydrogen-bond donors (Lipinski definition) is 1. The largest absolute Gasteiger partial charge is 0.352 e. The summed E-state index contributed by atoms with van der Waals surface area (Å²) in [6.45, 7) is 2.40. The molecular weight excluding hydrogens is 225 g/mol. The van der Waals surface area contributed by atoms with Crippen LogP contribution >= 0.6 is 11.8 Å². The second-order valence-corrected chi connectivity index (χ2v) is 4.55. The van der Waals surface area contributed by atoms with Crippen molar-refractivity contribution in [2.75, 3.05) is 18.6 Å². The van der Waals surface area contributed by atoms with Gasteiger partial charge < -0.3 is 5.32 Å². The fourth-order valence-corrected chi connectivity index (χ4v) is 1.83. The number of carbonyl (C=O) groups excluding carboxylic acids is 1. The van der Waals surface area contributed by atoms with E-state index < -0.39 is 0 Å². The zero-order valence-corrected chi connectivity index (χ0v) is 10.4. The van der Waals surface area contributed by atoms with Crippen LogP contribution < -0.4 is 5.32 Å². The summed E-state index contributed by atoms with van der Waals surface area (Å²) in [4.78, 5) is 11.7. The molecule has 0 bridgehead atoms. The van der Waals surface area contributed by atoms with Crippen LogP contribution in [0.15, 0.2) is 18.2 Å². The van der Waals surface area contributed by atoms with Crippen LogP contribution in [0.1, 0.15) is 22.3 Å². The van der Waals surface area contributed by atoms with Crippen molar-refractivity contribution in [2.45, 2.75) is 13.3 Å². The predicted molar refractivity (Wildman–Crippen MR) is 66.5 cm³/mol. The van der Waals surface area contributed by atoms with E-state index in [4.69, 9.17) is 0 Å².